The van der Waals surface area contributed by atoms with Crippen molar-refractivity contribution in [3.8, 4) is 0 Å². The predicted molar refractivity (Wildman–Crippen MR) is 71.4 cm³/mol. The summed E-state index contributed by atoms with van der Waals surface area (Å²) in [6, 6.07) is 11.2. The summed E-state index contributed by atoms with van der Waals surface area (Å²) in [6.45, 7) is 0. The quantitative estimate of drug-likeness (QED) is 0.870. The fourth-order valence-corrected chi connectivity index (χ4v) is 2.85. The van der Waals surface area contributed by atoms with Crippen molar-refractivity contribution in [3.63, 3.8) is 0 Å². The molecule has 0 spiro atoms. The Hall–Kier alpha value is -1.84. The molecule has 1 heterocycles. The van der Waals surface area contributed by atoms with Gasteiger partial charge in [0.15, 0.2) is 0 Å². The van der Waals surface area contributed by atoms with Gasteiger partial charge in [0.25, 0.3) is 0 Å². The molecule has 4 heteroatoms. The Morgan fingerprint density at radius 1 is 1.11 bits per heavy atom. The third-order valence-electron chi connectivity index (χ3n) is 3.73. The Morgan fingerprint density at radius 3 is 2.72 bits per heavy atom. The van der Waals surface area contributed by atoms with Gasteiger partial charge in [-0.15, -0.1) is 0 Å². The number of hydrogen-bond donors (Lipinski definition) is 2. The molecule has 1 aromatic carbocycles. The van der Waals surface area contributed by atoms with Crippen LogP contribution in [0.5, 0.6) is 0 Å². The molecule has 0 saturated heterocycles. The largest absolute Gasteiger partial charge is 0.351 e. The molecule has 2 atom stereocenters. The Labute approximate surface area is 107 Å². The van der Waals surface area contributed by atoms with Crippen LogP contribution in [0.2, 0.25) is 0 Å². The standard InChI is InChI=1S/C14H18N4/c1-2-6-11(7-3-1)12-8-4-5-9-13(12)17-14-15-10-16-18-14/h1-3,6-7,10,12-13H,4-5,8-9H2,(H2,15,16,17,18). The summed E-state index contributed by atoms with van der Waals surface area (Å²) >= 11 is 0. The maximum atomic E-state index is 4.16. The molecule has 1 fully saturated rings. The van der Waals surface area contributed by atoms with Crippen molar-refractivity contribution in [2.24, 2.45) is 0 Å². The second-order valence-electron chi connectivity index (χ2n) is 4.89. The molecule has 1 aliphatic rings. The third-order valence-corrected chi connectivity index (χ3v) is 3.73. The minimum absolute atomic E-state index is 0.453. The molecule has 0 amide bonds. The lowest BCUT2D eigenvalue weighted by Gasteiger charge is -2.32. The average Bonchev–Trinajstić information content (AvgIpc) is 2.93. The lowest BCUT2D eigenvalue weighted by atomic mass is 9.80. The van der Waals surface area contributed by atoms with Crippen LogP contribution < -0.4 is 5.32 Å². The maximum absolute atomic E-state index is 4.16. The van der Waals surface area contributed by atoms with Crippen molar-refractivity contribution < 1.29 is 0 Å². The summed E-state index contributed by atoms with van der Waals surface area (Å²) in [5, 5.41) is 10.3. The van der Waals surface area contributed by atoms with Crippen molar-refractivity contribution in [3.05, 3.63) is 42.2 Å². The first-order valence-electron chi connectivity index (χ1n) is 6.60. The highest BCUT2D eigenvalue weighted by Crippen LogP contribution is 2.34. The molecule has 2 aromatic rings. The first kappa shape index (κ1) is 11.3. The summed E-state index contributed by atoms with van der Waals surface area (Å²) < 4.78 is 0. The number of anilines is 1. The molecule has 2 unspecified atom stereocenters. The number of H-pyrrole nitrogens is 1. The van der Waals surface area contributed by atoms with Crippen LogP contribution in [0.25, 0.3) is 0 Å². The zero-order valence-electron chi connectivity index (χ0n) is 10.3. The first-order chi connectivity index (χ1) is 8.93. The van der Waals surface area contributed by atoms with E-state index in [0.717, 1.165) is 5.95 Å². The summed E-state index contributed by atoms with van der Waals surface area (Å²) in [5.41, 5.74) is 1.43. The molecular weight excluding hydrogens is 224 g/mol. The molecule has 0 aliphatic heterocycles. The zero-order chi connectivity index (χ0) is 12.2. The van der Waals surface area contributed by atoms with Gasteiger partial charge in [-0.05, 0) is 18.4 Å². The molecule has 1 saturated carbocycles. The van der Waals surface area contributed by atoms with Gasteiger partial charge >= 0.3 is 0 Å². The topological polar surface area (TPSA) is 53.6 Å². The number of hydrogen-bond acceptors (Lipinski definition) is 3. The Balaban J connectivity index is 1.78. The number of rotatable bonds is 3. The molecule has 3 rings (SSSR count). The van der Waals surface area contributed by atoms with E-state index in [2.05, 4.69) is 50.8 Å². The zero-order valence-corrected chi connectivity index (χ0v) is 10.3. The summed E-state index contributed by atoms with van der Waals surface area (Å²) in [6.07, 6.45) is 6.59. The van der Waals surface area contributed by atoms with Gasteiger partial charge in [-0.2, -0.15) is 5.10 Å². The molecular formula is C14H18N4. The van der Waals surface area contributed by atoms with Gasteiger partial charge in [0.05, 0.1) is 0 Å². The third kappa shape index (κ3) is 2.37. The number of benzene rings is 1. The van der Waals surface area contributed by atoms with Crippen LogP contribution in [0.3, 0.4) is 0 Å². The molecule has 18 heavy (non-hydrogen) atoms. The lowest BCUT2D eigenvalue weighted by Crippen LogP contribution is -2.31. The van der Waals surface area contributed by atoms with Gasteiger partial charge in [0.2, 0.25) is 5.95 Å². The number of aromatic nitrogens is 3. The molecule has 0 radical (unpaired) electrons. The highest BCUT2D eigenvalue weighted by atomic mass is 15.3. The van der Waals surface area contributed by atoms with Crippen molar-refractivity contribution in [1.82, 2.24) is 15.2 Å². The summed E-state index contributed by atoms with van der Waals surface area (Å²) in [7, 11) is 0. The van der Waals surface area contributed by atoms with Crippen LogP contribution in [0, 0.1) is 0 Å². The van der Waals surface area contributed by atoms with E-state index in [4.69, 9.17) is 0 Å². The normalized spacial score (nSPS) is 23.8. The predicted octanol–water partition coefficient (Wildman–Crippen LogP) is 2.94. The smallest absolute Gasteiger partial charge is 0.218 e. The highest BCUT2D eigenvalue weighted by Gasteiger charge is 2.26. The second kappa shape index (κ2) is 5.21. The van der Waals surface area contributed by atoms with E-state index in [1.165, 1.54) is 31.2 Å². The molecule has 94 valence electrons. The van der Waals surface area contributed by atoms with Gasteiger partial charge in [-0.3, -0.25) is 0 Å². The molecule has 1 aliphatic carbocycles. The van der Waals surface area contributed by atoms with Crippen LogP contribution in [0.4, 0.5) is 5.95 Å². The van der Waals surface area contributed by atoms with E-state index in [0.29, 0.717) is 12.0 Å². The van der Waals surface area contributed by atoms with E-state index < -0.39 is 0 Å². The highest BCUT2D eigenvalue weighted by molar-refractivity contribution is 5.29. The van der Waals surface area contributed by atoms with Crippen molar-refractivity contribution >= 4 is 5.95 Å². The van der Waals surface area contributed by atoms with Crippen LogP contribution >= 0.6 is 0 Å². The molecule has 4 nitrogen and oxygen atoms in total. The van der Waals surface area contributed by atoms with Crippen molar-refractivity contribution in [2.75, 3.05) is 5.32 Å². The molecule has 1 aromatic heterocycles. The van der Waals surface area contributed by atoms with Crippen molar-refractivity contribution in [2.45, 2.75) is 37.6 Å². The minimum Gasteiger partial charge on any atom is -0.351 e. The lowest BCUT2D eigenvalue weighted by molar-refractivity contribution is 0.404. The van der Waals surface area contributed by atoms with Gasteiger partial charge in [-0.1, -0.05) is 43.2 Å². The minimum atomic E-state index is 0.453. The maximum Gasteiger partial charge on any atom is 0.218 e. The number of nitrogens with one attached hydrogen (secondary N) is 2. The van der Waals surface area contributed by atoms with Crippen LogP contribution in [0.15, 0.2) is 36.7 Å². The Morgan fingerprint density at radius 2 is 1.94 bits per heavy atom. The molecule has 0 bridgehead atoms. The van der Waals surface area contributed by atoms with Crippen LogP contribution in [0.1, 0.15) is 37.2 Å². The van der Waals surface area contributed by atoms with Crippen LogP contribution in [-0.2, 0) is 0 Å². The fourth-order valence-electron chi connectivity index (χ4n) is 2.85. The van der Waals surface area contributed by atoms with E-state index in [1.807, 2.05) is 0 Å². The van der Waals surface area contributed by atoms with Gasteiger partial charge in [0.1, 0.15) is 6.33 Å². The van der Waals surface area contributed by atoms with E-state index in [9.17, 15) is 0 Å². The van der Waals surface area contributed by atoms with Crippen molar-refractivity contribution in [1.29, 1.82) is 0 Å². The monoisotopic (exact) mass is 242 g/mol. The SMILES string of the molecule is c1ccc(C2CCCCC2Nc2ncn[nH]2)cc1. The second-order valence-corrected chi connectivity index (χ2v) is 4.89. The Bertz CT molecular complexity index is 466. The number of nitrogens with zero attached hydrogens (tertiary/aromatic N) is 2. The number of aromatic amines is 1. The van der Waals surface area contributed by atoms with Crippen LogP contribution in [-0.4, -0.2) is 21.2 Å². The Kier molecular flexibility index (Phi) is 3.26. The summed E-state index contributed by atoms with van der Waals surface area (Å²) in [5.74, 6) is 1.35. The van der Waals surface area contributed by atoms with E-state index >= 15 is 0 Å². The molecule has 2 N–H and O–H groups in total. The average molecular weight is 242 g/mol. The van der Waals surface area contributed by atoms with Gasteiger partial charge in [0, 0.05) is 12.0 Å². The van der Waals surface area contributed by atoms with E-state index in [-0.39, 0.29) is 0 Å². The van der Waals surface area contributed by atoms with Gasteiger partial charge in [-0.25, -0.2) is 10.1 Å². The fraction of sp³-hybridized carbons (Fsp3) is 0.429. The van der Waals surface area contributed by atoms with E-state index in [1.54, 1.807) is 6.33 Å². The first-order valence-corrected chi connectivity index (χ1v) is 6.60. The summed E-state index contributed by atoms with van der Waals surface area (Å²) in [4.78, 5) is 4.16. The van der Waals surface area contributed by atoms with Gasteiger partial charge < -0.3 is 5.32 Å².